The number of amides is 1. The summed E-state index contributed by atoms with van der Waals surface area (Å²) in [6.45, 7) is 5.63. The molecule has 0 N–H and O–H groups in total. The van der Waals surface area contributed by atoms with Crippen LogP contribution in [0.3, 0.4) is 0 Å². The second-order valence-corrected chi connectivity index (χ2v) is 5.60. The van der Waals surface area contributed by atoms with Gasteiger partial charge in [-0.1, -0.05) is 29.8 Å². The molecular weight excluding hydrogens is 262 g/mol. The first-order valence-electron chi connectivity index (χ1n) is 7.60. The molecule has 1 aromatic heterocycles. The van der Waals surface area contributed by atoms with Gasteiger partial charge < -0.3 is 4.90 Å². The topological polar surface area (TPSA) is 38.1 Å². The molecule has 1 fully saturated rings. The van der Waals surface area contributed by atoms with Gasteiger partial charge in [0.1, 0.15) is 5.69 Å². The van der Waals surface area contributed by atoms with Crippen LogP contribution >= 0.6 is 0 Å². The van der Waals surface area contributed by atoms with Gasteiger partial charge in [-0.3, -0.25) is 9.48 Å². The molecule has 2 aromatic rings. The summed E-state index contributed by atoms with van der Waals surface area (Å²) < 4.78 is 1.77. The highest BCUT2D eigenvalue weighted by molar-refractivity contribution is 5.93. The number of aryl methyl sites for hydroxylation is 2. The van der Waals surface area contributed by atoms with Crippen LogP contribution in [-0.2, 0) is 6.54 Å². The van der Waals surface area contributed by atoms with Gasteiger partial charge in [0, 0.05) is 19.3 Å². The Kier molecular flexibility index (Phi) is 3.78. The molecule has 110 valence electrons. The molecule has 1 amide bonds. The van der Waals surface area contributed by atoms with Crippen molar-refractivity contribution in [1.82, 2.24) is 14.7 Å². The number of benzene rings is 1. The van der Waals surface area contributed by atoms with Gasteiger partial charge in [0.05, 0.1) is 6.04 Å². The van der Waals surface area contributed by atoms with Crippen molar-refractivity contribution in [2.24, 2.45) is 0 Å². The van der Waals surface area contributed by atoms with Gasteiger partial charge in [-0.2, -0.15) is 5.10 Å². The SMILES string of the molecule is CCn1nccc1C(=O)N1CCC[C@@H]1c1ccc(C)cc1. The number of rotatable bonds is 3. The fourth-order valence-corrected chi connectivity index (χ4v) is 3.06. The second-order valence-electron chi connectivity index (χ2n) is 5.60. The van der Waals surface area contributed by atoms with Crippen molar-refractivity contribution in [2.45, 2.75) is 39.3 Å². The van der Waals surface area contributed by atoms with Gasteiger partial charge in [0.25, 0.3) is 5.91 Å². The normalized spacial score (nSPS) is 18.2. The molecular formula is C17H21N3O. The summed E-state index contributed by atoms with van der Waals surface area (Å²) in [5, 5.41) is 4.21. The zero-order valence-corrected chi connectivity index (χ0v) is 12.6. The highest BCUT2D eigenvalue weighted by Crippen LogP contribution is 2.33. The molecule has 0 unspecified atom stereocenters. The Hall–Kier alpha value is -2.10. The van der Waals surface area contributed by atoms with Crippen LogP contribution in [0, 0.1) is 6.92 Å². The Morgan fingerprint density at radius 1 is 1.29 bits per heavy atom. The van der Waals surface area contributed by atoms with Gasteiger partial charge in [0.2, 0.25) is 0 Å². The lowest BCUT2D eigenvalue weighted by molar-refractivity contribution is 0.0723. The minimum absolute atomic E-state index is 0.0948. The average Bonchev–Trinajstić information content (AvgIpc) is 3.16. The Labute approximate surface area is 125 Å². The fourth-order valence-electron chi connectivity index (χ4n) is 3.06. The van der Waals surface area contributed by atoms with E-state index in [2.05, 4.69) is 36.3 Å². The van der Waals surface area contributed by atoms with E-state index < -0.39 is 0 Å². The third-order valence-electron chi connectivity index (χ3n) is 4.21. The van der Waals surface area contributed by atoms with Gasteiger partial charge in [-0.25, -0.2) is 0 Å². The quantitative estimate of drug-likeness (QED) is 0.867. The molecule has 3 rings (SSSR count). The minimum Gasteiger partial charge on any atom is -0.330 e. The predicted molar refractivity (Wildman–Crippen MR) is 82.1 cm³/mol. The molecule has 0 spiro atoms. The number of carbonyl (C=O) groups is 1. The van der Waals surface area contributed by atoms with Crippen molar-refractivity contribution < 1.29 is 4.79 Å². The van der Waals surface area contributed by atoms with Crippen LogP contribution < -0.4 is 0 Å². The van der Waals surface area contributed by atoms with Crippen LogP contribution in [0.25, 0.3) is 0 Å². The van der Waals surface area contributed by atoms with E-state index in [0.717, 1.165) is 25.9 Å². The number of carbonyl (C=O) groups excluding carboxylic acids is 1. The van der Waals surface area contributed by atoms with E-state index in [0.29, 0.717) is 5.69 Å². The molecule has 2 heterocycles. The molecule has 1 aromatic carbocycles. The van der Waals surface area contributed by atoms with Crippen molar-refractivity contribution >= 4 is 5.91 Å². The molecule has 0 saturated carbocycles. The Bertz CT molecular complexity index is 630. The van der Waals surface area contributed by atoms with Crippen LogP contribution in [0.4, 0.5) is 0 Å². The number of hydrogen-bond donors (Lipinski definition) is 0. The summed E-state index contributed by atoms with van der Waals surface area (Å²) in [6, 6.07) is 10.5. The summed E-state index contributed by atoms with van der Waals surface area (Å²) in [5.74, 6) is 0.0948. The van der Waals surface area contributed by atoms with E-state index in [9.17, 15) is 4.79 Å². The Balaban J connectivity index is 1.87. The van der Waals surface area contributed by atoms with Gasteiger partial charge in [-0.05, 0) is 38.3 Å². The number of aromatic nitrogens is 2. The third-order valence-corrected chi connectivity index (χ3v) is 4.21. The molecule has 0 bridgehead atoms. The zero-order valence-electron chi connectivity index (χ0n) is 12.6. The molecule has 21 heavy (non-hydrogen) atoms. The lowest BCUT2D eigenvalue weighted by Crippen LogP contribution is -2.32. The van der Waals surface area contributed by atoms with E-state index in [1.807, 2.05) is 17.9 Å². The lowest BCUT2D eigenvalue weighted by Gasteiger charge is -2.25. The maximum Gasteiger partial charge on any atom is 0.272 e. The molecule has 1 atom stereocenters. The van der Waals surface area contributed by atoms with Crippen molar-refractivity contribution in [3.8, 4) is 0 Å². The molecule has 0 radical (unpaired) electrons. The monoisotopic (exact) mass is 283 g/mol. The number of likely N-dealkylation sites (tertiary alicyclic amines) is 1. The highest BCUT2D eigenvalue weighted by atomic mass is 16.2. The van der Waals surface area contributed by atoms with Gasteiger partial charge in [-0.15, -0.1) is 0 Å². The minimum atomic E-state index is 0.0948. The largest absolute Gasteiger partial charge is 0.330 e. The third kappa shape index (κ3) is 2.58. The average molecular weight is 283 g/mol. The van der Waals surface area contributed by atoms with Crippen LogP contribution in [0.5, 0.6) is 0 Å². The first-order chi connectivity index (χ1) is 10.2. The van der Waals surface area contributed by atoms with E-state index in [4.69, 9.17) is 0 Å². The van der Waals surface area contributed by atoms with E-state index in [-0.39, 0.29) is 11.9 Å². The molecule has 0 aliphatic carbocycles. The predicted octanol–water partition coefficient (Wildman–Crippen LogP) is 3.19. The molecule has 1 saturated heterocycles. The smallest absolute Gasteiger partial charge is 0.272 e. The van der Waals surface area contributed by atoms with E-state index >= 15 is 0 Å². The van der Waals surface area contributed by atoms with Crippen LogP contribution in [0.1, 0.15) is 47.4 Å². The second kappa shape index (κ2) is 5.72. The summed E-state index contributed by atoms with van der Waals surface area (Å²) in [5.41, 5.74) is 3.17. The maximum atomic E-state index is 12.8. The highest BCUT2D eigenvalue weighted by Gasteiger charge is 2.31. The van der Waals surface area contributed by atoms with E-state index in [1.165, 1.54) is 11.1 Å². The fraction of sp³-hybridized carbons (Fsp3) is 0.412. The molecule has 4 nitrogen and oxygen atoms in total. The summed E-state index contributed by atoms with van der Waals surface area (Å²) in [4.78, 5) is 14.8. The van der Waals surface area contributed by atoms with E-state index in [1.54, 1.807) is 10.9 Å². The number of nitrogens with zero attached hydrogens (tertiary/aromatic N) is 3. The van der Waals surface area contributed by atoms with Crippen molar-refractivity contribution in [3.63, 3.8) is 0 Å². The number of hydrogen-bond acceptors (Lipinski definition) is 2. The Morgan fingerprint density at radius 2 is 2.05 bits per heavy atom. The van der Waals surface area contributed by atoms with Crippen molar-refractivity contribution in [2.75, 3.05) is 6.54 Å². The lowest BCUT2D eigenvalue weighted by atomic mass is 10.0. The van der Waals surface area contributed by atoms with Crippen LogP contribution in [0.15, 0.2) is 36.5 Å². The van der Waals surface area contributed by atoms with Crippen molar-refractivity contribution in [1.29, 1.82) is 0 Å². The summed E-state index contributed by atoms with van der Waals surface area (Å²) in [6.07, 6.45) is 3.80. The molecule has 1 aliphatic rings. The van der Waals surface area contributed by atoms with Crippen LogP contribution in [-0.4, -0.2) is 27.1 Å². The van der Waals surface area contributed by atoms with Crippen molar-refractivity contribution in [3.05, 3.63) is 53.3 Å². The zero-order chi connectivity index (χ0) is 14.8. The summed E-state index contributed by atoms with van der Waals surface area (Å²) >= 11 is 0. The maximum absolute atomic E-state index is 12.8. The van der Waals surface area contributed by atoms with Gasteiger partial charge in [0.15, 0.2) is 0 Å². The Morgan fingerprint density at radius 3 is 2.76 bits per heavy atom. The first kappa shape index (κ1) is 13.9. The first-order valence-corrected chi connectivity index (χ1v) is 7.60. The summed E-state index contributed by atoms with van der Waals surface area (Å²) in [7, 11) is 0. The van der Waals surface area contributed by atoms with Crippen LogP contribution in [0.2, 0.25) is 0 Å². The van der Waals surface area contributed by atoms with Gasteiger partial charge >= 0.3 is 0 Å². The standard InChI is InChI=1S/C17H21N3O/c1-3-20-16(10-11-18-20)17(21)19-12-4-5-15(19)14-8-6-13(2)7-9-14/h6-11,15H,3-5,12H2,1-2H3/t15-/m1/s1. The molecule has 1 aliphatic heterocycles. The molecule has 4 heteroatoms.